The van der Waals surface area contributed by atoms with Crippen molar-refractivity contribution < 1.29 is 9.13 Å². The van der Waals surface area contributed by atoms with Crippen molar-refractivity contribution in [3.8, 4) is 0 Å². The van der Waals surface area contributed by atoms with Crippen LogP contribution in [0.1, 0.15) is 48.0 Å². The Labute approximate surface area is 167 Å². The molecule has 1 unspecified atom stereocenters. The minimum absolute atomic E-state index is 0.0699. The summed E-state index contributed by atoms with van der Waals surface area (Å²) in [4.78, 5) is 4.72. The van der Waals surface area contributed by atoms with Gasteiger partial charge in [-0.15, -0.1) is 0 Å². The van der Waals surface area contributed by atoms with Crippen molar-refractivity contribution in [2.45, 2.75) is 53.8 Å². The molecule has 0 aliphatic carbocycles. The van der Waals surface area contributed by atoms with Crippen LogP contribution in [0.3, 0.4) is 0 Å². The van der Waals surface area contributed by atoms with Gasteiger partial charge in [0.1, 0.15) is 5.82 Å². The number of benzene rings is 1. The lowest BCUT2D eigenvalue weighted by molar-refractivity contribution is 0.182. The van der Waals surface area contributed by atoms with E-state index in [1.807, 2.05) is 31.5 Å². The molecule has 6 nitrogen and oxygen atoms in total. The smallest absolute Gasteiger partial charge is 0.192 e. The van der Waals surface area contributed by atoms with E-state index in [-0.39, 0.29) is 11.9 Å². The molecular formula is C21H32FN5O. The lowest BCUT2D eigenvalue weighted by Crippen LogP contribution is -2.38. The summed E-state index contributed by atoms with van der Waals surface area (Å²) in [6.07, 6.45) is 0. The molecule has 0 aliphatic heterocycles. The highest BCUT2D eigenvalue weighted by molar-refractivity contribution is 5.80. The zero-order valence-corrected chi connectivity index (χ0v) is 17.8. The van der Waals surface area contributed by atoms with E-state index < -0.39 is 0 Å². The molecular weight excluding hydrogens is 357 g/mol. The van der Waals surface area contributed by atoms with Gasteiger partial charge >= 0.3 is 0 Å². The van der Waals surface area contributed by atoms with Crippen molar-refractivity contribution in [1.82, 2.24) is 20.4 Å². The topological polar surface area (TPSA) is 63.5 Å². The Morgan fingerprint density at radius 3 is 2.71 bits per heavy atom. The van der Waals surface area contributed by atoms with Crippen LogP contribution in [0.15, 0.2) is 23.2 Å². The summed E-state index contributed by atoms with van der Waals surface area (Å²) >= 11 is 0. The highest BCUT2D eigenvalue weighted by atomic mass is 19.1. The zero-order valence-electron chi connectivity index (χ0n) is 17.8. The molecule has 0 saturated carbocycles. The lowest BCUT2D eigenvalue weighted by Gasteiger charge is -2.18. The molecule has 0 aliphatic rings. The van der Waals surface area contributed by atoms with Gasteiger partial charge in [0.15, 0.2) is 5.96 Å². The molecule has 2 aromatic rings. The molecule has 154 valence electrons. The Morgan fingerprint density at radius 2 is 2.07 bits per heavy atom. The number of ether oxygens (including phenoxy) is 1. The minimum atomic E-state index is -0.192. The average Bonchev–Trinajstić information content (AvgIpc) is 2.93. The third-order valence-electron chi connectivity index (χ3n) is 4.83. The first-order valence-corrected chi connectivity index (χ1v) is 9.70. The lowest BCUT2D eigenvalue weighted by atomic mass is 10.1. The Hall–Kier alpha value is -2.41. The van der Waals surface area contributed by atoms with Gasteiger partial charge in [-0.2, -0.15) is 5.10 Å². The number of aliphatic imine (C=N–C) groups is 1. The molecule has 1 atom stereocenters. The van der Waals surface area contributed by atoms with Gasteiger partial charge in [-0.1, -0.05) is 12.1 Å². The van der Waals surface area contributed by atoms with Crippen LogP contribution in [0.25, 0.3) is 0 Å². The largest absolute Gasteiger partial charge is 0.383 e. The number of aryl methyl sites for hydroxylation is 2. The maximum absolute atomic E-state index is 13.9. The fraction of sp³-hybridized carbons (Fsp3) is 0.524. The first-order chi connectivity index (χ1) is 13.4. The van der Waals surface area contributed by atoms with Crippen LogP contribution in [0.2, 0.25) is 0 Å². The van der Waals surface area contributed by atoms with E-state index in [0.29, 0.717) is 24.7 Å². The molecule has 1 aromatic carbocycles. The monoisotopic (exact) mass is 389 g/mol. The summed E-state index contributed by atoms with van der Waals surface area (Å²) in [7, 11) is 1.69. The number of aromatic nitrogens is 2. The van der Waals surface area contributed by atoms with E-state index in [0.717, 1.165) is 35.6 Å². The van der Waals surface area contributed by atoms with Crippen LogP contribution in [0, 0.1) is 26.6 Å². The fourth-order valence-electron chi connectivity index (χ4n) is 3.00. The molecule has 28 heavy (non-hydrogen) atoms. The van der Waals surface area contributed by atoms with E-state index in [1.54, 1.807) is 26.2 Å². The predicted octanol–water partition coefficient (Wildman–Crippen LogP) is 3.41. The number of halogens is 1. The summed E-state index contributed by atoms with van der Waals surface area (Å²) < 4.78 is 21.0. The van der Waals surface area contributed by atoms with Crippen molar-refractivity contribution in [1.29, 1.82) is 0 Å². The number of hydrogen-bond donors (Lipinski definition) is 2. The highest BCUT2D eigenvalue weighted by Crippen LogP contribution is 2.17. The fourth-order valence-corrected chi connectivity index (χ4v) is 3.00. The minimum Gasteiger partial charge on any atom is -0.383 e. The number of guanidine groups is 1. The second kappa shape index (κ2) is 10.2. The quantitative estimate of drug-likeness (QED) is 0.536. The molecule has 7 heteroatoms. The molecule has 0 bridgehead atoms. The summed E-state index contributed by atoms with van der Waals surface area (Å²) in [5.74, 6) is 0.502. The number of methoxy groups -OCH3 is 1. The zero-order chi connectivity index (χ0) is 20.7. The van der Waals surface area contributed by atoms with Gasteiger partial charge < -0.3 is 15.4 Å². The molecule has 0 saturated heterocycles. The summed E-state index contributed by atoms with van der Waals surface area (Å²) in [6, 6.07) is 5.24. The second-order valence-corrected chi connectivity index (χ2v) is 6.94. The van der Waals surface area contributed by atoms with Crippen molar-refractivity contribution in [2.24, 2.45) is 4.99 Å². The van der Waals surface area contributed by atoms with Crippen LogP contribution < -0.4 is 10.6 Å². The van der Waals surface area contributed by atoms with E-state index in [2.05, 4.69) is 22.7 Å². The van der Waals surface area contributed by atoms with Crippen LogP contribution in [-0.2, 0) is 17.8 Å². The number of nitrogens with zero attached hydrogens (tertiary/aromatic N) is 3. The second-order valence-electron chi connectivity index (χ2n) is 6.94. The molecule has 2 N–H and O–H groups in total. The van der Waals surface area contributed by atoms with Gasteiger partial charge in [0.2, 0.25) is 0 Å². The van der Waals surface area contributed by atoms with E-state index in [4.69, 9.17) is 9.73 Å². The van der Waals surface area contributed by atoms with Crippen LogP contribution in [0.5, 0.6) is 0 Å². The molecule has 0 fully saturated rings. The standard InChI is InChI=1S/C21H32FN5O/c1-7-23-21(25-15(3)18-9-8-14(2)20(22)12-18)24-13-19-16(4)26-27(17(19)5)10-11-28-6/h8-9,12,15H,7,10-11,13H2,1-6H3,(H2,23,24,25). The summed E-state index contributed by atoms with van der Waals surface area (Å²) in [5.41, 5.74) is 4.72. The van der Waals surface area contributed by atoms with E-state index >= 15 is 0 Å². The Kier molecular flexibility index (Phi) is 7.99. The number of rotatable bonds is 8. The van der Waals surface area contributed by atoms with Gasteiger partial charge in [-0.25, -0.2) is 9.38 Å². The summed E-state index contributed by atoms with van der Waals surface area (Å²) in [5, 5.41) is 11.2. The SMILES string of the molecule is CCNC(=NCc1c(C)nn(CCOC)c1C)NC(C)c1ccc(C)c(F)c1. The maximum Gasteiger partial charge on any atom is 0.192 e. The summed E-state index contributed by atoms with van der Waals surface area (Å²) in [6.45, 7) is 12.4. The molecule has 0 amide bonds. The normalized spacial score (nSPS) is 12.9. The van der Waals surface area contributed by atoms with Crippen molar-refractivity contribution in [3.05, 3.63) is 52.1 Å². The first-order valence-electron chi connectivity index (χ1n) is 9.70. The molecule has 1 heterocycles. The highest BCUT2D eigenvalue weighted by Gasteiger charge is 2.13. The maximum atomic E-state index is 13.9. The van der Waals surface area contributed by atoms with Gasteiger partial charge in [0, 0.05) is 24.9 Å². The van der Waals surface area contributed by atoms with Crippen molar-refractivity contribution >= 4 is 5.96 Å². The number of hydrogen-bond acceptors (Lipinski definition) is 3. The Morgan fingerprint density at radius 1 is 1.32 bits per heavy atom. The van der Waals surface area contributed by atoms with Crippen molar-refractivity contribution in [2.75, 3.05) is 20.3 Å². The van der Waals surface area contributed by atoms with E-state index in [1.165, 1.54) is 0 Å². The molecule has 0 radical (unpaired) electrons. The predicted molar refractivity (Wildman–Crippen MR) is 111 cm³/mol. The third-order valence-corrected chi connectivity index (χ3v) is 4.83. The number of nitrogens with one attached hydrogen (secondary N) is 2. The van der Waals surface area contributed by atoms with Crippen LogP contribution in [0.4, 0.5) is 4.39 Å². The van der Waals surface area contributed by atoms with Gasteiger partial charge in [-0.3, -0.25) is 4.68 Å². The first kappa shape index (κ1) is 21.9. The van der Waals surface area contributed by atoms with Crippen LogP contribution >= 0.6 is 0 Å². The van der Waals surface area contributed by atoms with Gasteiger partial charge in [-0.05, 0) is 51.8 Å². The molecule has 1 aromatic heterocycles. The van der Waals surface area contributed by atoms with E-state index in [9.17, 15) is 4.39 Å². The van der Waals surface area contributed by atoms with Gasteiger partial charge in [0.25, 0.3) is 0 Å². The average molecular weight is 390 g/mol. The Balaban J connectivity index is 2.14. The molecule has 2 rings (SSSR count). The third kappa shape index (κ3) is 5.55. The molecule has 0 spiro atoms. The van der Waals surface area contributed by atoms with Crippen LogP contribution in [-0.4, -0.2) is 36.0 Å². The Bertz CT molecular complexity index is 815. The van der Waals surface area contributed by atoms with Gasteiger partial charge in [0.05, 0.1) is 31.4 Å². The van der Waals surface area contributed by atoms with Crippen molar-refractivity contribution in [3.63, 3.8) is 0 Å².